The number of hydrogen-bond acceptors (Lipinski definition) is 6. The Morgan fingerprint density at radius 2 is 1.74 bits per heavy atom. The van der Waals surface area contributed by atoms with E-state index in [4.69, 9.17) is 21.1 Å². The average Bonchev–Trinajstić information content (AvgIpc) is 3.33. The van der Waals surface area contributed by atoms with E-state index >= 15 is 0 Å². The Morgan fingerprint density at radius 1 is 1.03 bits per heavy atom. The standard InChI is InChI=1S/C20H20ClN3O6S/c21-14-8-7-13(11-18(14)31(27,28)24-9-3-4-10-24)19(25)22-23-20(26)17-12-29-15-5-1-2-6-16(15)30-17/h1-2,5-8,11,17H,3-4,9-10,12H2,(H,22,25)(H,23,26)/t17-/m1/s1. The highest BCUT2D eigenvalue weighted by molar-refractivity contribution is 7.89. The van der Waals surface area contributed by atoms with Crippen molar-refractivity contribution in [3.05, 3.63) is 53.1 Å². The fraction of sp³-hybridized carbons (Fsp3) is 0.300. The number of ether oxygens (including phenoxy) is 2. The van der Waals surface area contributed by atoms with Gasteiger partial charge >= 0.3 is 0 Å². The number of nitrogens with zero attached hydrogens (tertiary/aromatic N) is 1. The molecule has 0 aliphatic carbocycles. The molecule has 1 saturated heterocycles. The predicted octanol–water partition coefficient (Wildman–Crippen LogP) is 1.73. The van der Waals surface area contributed by atoms with Crippen LogP contribution >= 0.6 is 11.6 Å². The molecule has 4 rings (SSSR count). The number of sulfonamides is 1. The third-order valence-electron chi connectivity index (χ3n) is 4.98. The number of nitrogens with one attached hydrogen (secondary N) is 2. The van der Waals surface area contributed by atoms with Gasteiger partial charge < -0.3 is 9.47 Å². The maximum Gasteiger partial charge on any atom is 0.283 e. The molecule has 0 saturated carbocycles. The summed E-state index contributed by atoms with van der Waals surface area (Å²) >= 11 is 6.10. The normalized spacial score (nSPS) is 18.4. The van der Waals surface area contributed by atoms with E-state index in [1.165, 1.54) is 22.5 Å². The molecule has 2 aromatic carbocycles. The van der Waals surface area contributed by atoms with Gasteiger partial charge in [-0.2, -0.15) is 4.31 Å². The molecule has 0 radical (unpaired) electrons. The zero-order valence-corrected chi connectivity index (χ0v) is 17.9. The second-order valence-electron chi connectivity index (χ2n) is 7.06. The van der Waals surface area contributed by atoms with Crippen molar-refractivity contribution < 1.29 is 27.5 Å². The minimum atomic E-state index is -3.80. The van der Waals surface area contributed by atoms with Crippen LogP contribution in [-0.2, 0) is 14.8 Å². The van der Waals surface area contributed by atoms with E-state index in [0.717, 1.165) is 12.8 Å². The molecule has 2 amide bonds. The summed E-state index contributed by atoms with van der Waals surface area (Å²) in [6.45, 7) is 0.813. The van der Waals surface area contributed by atoms with Crippen LogP contribution in [0, 0.1) is 0 Å². The molecular formula is C20H20ClN3O6S. The maximum absolute atomic E-state index is 12.8. The van der Waals surface area contributed by atoms with Gasteiger partial charge in [0, 0.05) is 18.7 Å². The first kappa shape index (κ1) is 21.4. The predicted molar refractivity (Wildman–Crippen MR) is 111 cm³/mol. The van der Waals surface area contributed by atoms with Gasteiger partial charge in [-0.1, -0.05) is 23.7 Å². The Morgan fingerprint density at radius 3 is 2.48 bits per heavy atom. The van der Waals surface area contributed by atoms with E-state index < -0.39 is 27.9 Å². The van der Waals surface area contributed by atoms with Crippen LogP contribution in [0.3, 0.4) is 0 Å². The zero-order chi connectivity index (χ0) is 22.0. The maximum atomic E-state index is 12.8. The van der Waals surface area contributed by atoms with Crippen LogP contribution in [0.25, 0.3) is 0 Å². The number of rotatable bonds is 4. The molecule has 31 heavy (non-hydrogen) atoms. The first-order valence-corrected chi connectivity index (χ1v) is 11.5. The fourth-order valence-corrected chi connectivity index (χ4v) is 5.35. The van der Waals surface area contributed by atoms with Crippen molar-refractivity contribution in [1.29, 1.82) is 0 Å². The lowest BCUT2D eigenvalue weighted by atomic mass is 10.2. The van der Waals surface area contributed by atoms with Gasteiger partial charge in [-0.05, 0) is 43.2 Å². The lowest BCUT2D eigenvalue weighted by Crippen LogP contribution is -2.50. The van der Waals surface area contributed by atoms with E-state index in [9.17, 15) is 18.0 Å². The number of benzene rings is 2. The van der Waals surface area contributed by atoms with Gasteiger partial charge in [0.05, 0.1) is 5.02 Å². The first-order chi connectivity index (χ1) is 14.9. The molecule has 0 aromatic heterocycles. The van der Waals surface area contributed by atoms with E-state index in [2.05, 4.69) is 10.9 Å². The molecule has 0 spiro atoms. The molecular weight excluding hydrogens is 446 g/mol. The summed E-state index contributed by atoms with van der Waals surface area (Å²) in [7, 11) is -3.80. The van der Waals surface area contributed by atoms with Crippen LogP contribution in [-0.4, -0.2) is 50.3 Å². The van der Waals surface area contributed by atoms with E-state index in [1.54, 1.807) is 24.3 Å². The van der Waals surface area contributed by atoms with Gasteiger partial charge in [-0.25, -0.2) is 8.42 Å². The second kappa shape index (κ2) is 8.74. The molecule has 0 bridgehead atoms. The summed E-state index contributed by atoms with van der Waals surface area (Å²) < 4.78 is 38.0. The van der Waals surface area contributed by atoms with Crippen molar-refractivity contribution >= 4 is 33.4 Å². The summed E-state index contributed by atoms with van der Waals surface area (Å²) in [5, 5.41) is 0.0268. The van der Waals surface area contributed by atoms with Gasteiger partial charge in [-0.15, -0.1) is 0 Å². The highest BCUT2D eigenvalue weighted by Crippen LogP contribution is 2.31. The highest BCUT2D eigenvalue weighted by atomic mass is 35.5. The summed E-state index contributed by atoms with van der Waals surface area (Å²) in [5.41, 5.74) is 4.57. The summed E-state index contributed by atoms with van der Waals surface area (Å²) in [5.74, 6) is -0.347. The van der Waals surface area contributed by atoms with Crippen molar-refractivity contribution in [2.45, 2.75) is 23.8 Å². The molecule has 164 valence electrons. The van der Waals surface area contributed by atoms with Crippen LogP contribution in [0.2, 0.25) is 5.02 Å². The first-order valence-electron chi connectivity index (χ1n) is 9.64. The molecule has 2 aliphatic rings. The van der Waals surface area contributed by atoms with E-state index in [-0.39, 0.29) is 22.1 Å². The molecule has 11 heteroatoms. The van der Waals surface area contributed by atoms with Gasteiger partial charge in [0.15, 0.2) is 11.5 Å². The number of carbonyl (C=O) groups is 2. The molecule has 1 atom stereocenters. The number of hydrazine groups is 1. The molecule has 1 fully saturated rings. The minimum Gasteiger partial charge on any atom is -0.485 e. The van der Waals surface area contributed by atoms with Gasteiger partial charge in [-0.3, -0.25) is 20.4 Å². The monoisotopic (exact) mass is 465 g/mol. The number of hydrogen-bond donors (Lipinski definition) is 2. The number of fused-ring (bicyclic) bond motifs is 1. The molecule has 2 aliphatic heterocycles. The zero-order valence-electron chi connectivity index (χ0n) is 16.3. The third kappa shape index (κ3) is 4.46. The van der Waals surface area contributed by atoms with Crippen molar-refractivity contribution in [3.8, 4) is 11.5 Å². The number of para-hydroxylation sites is 2. The Labute approximate surface area is 184 Å². The van der Waals surface area contributed by atoms with Crippen LogP contribution in [0.4, 0.5) is 0 Å². The summed E-state index contributed by atoms with van der Waals surface area (Å²) in [6, 6.07) is 10.8. The van der Waals surface area contributed by atoms with Crippen LogP contribution < -0.4 is 20.3 Å². The van der Waals surface area contributed by atoms with Crippen LogP contribution in [0.15, 0.2) is 47.4 Å². The average molecular weight is 466 g/mol. The Hall–Kier alpha value is -2.82. The smallest absolute Gasteiger partial charge is 0.283 e. The lowest BCUT2D eigenvalue weighted by molar-refractivity contribution is -0.131. The quantitative estimate of drug-likeness (QED) is 0.665. The van der Waals surface area contributed by atoms with Gasteiger partial charge in [0.25, 0.3) is 11.8 Å². The van der Waals surface area contributed by atoms with Crippen molar-refractivity contribution in [1.82, 2.24) is 15.2 Å². The largest absolute Gasteiger partial charge is 0.485 e. The number of carbonyl (C=O) groups excluding carboxylic acids is 2. The number of amides is 2. The molecule has 2 heterocycles. The van der Waals surface area contributed by atoms with Crippen molar-refractivity contribution in [2.75, 3.05) is 19.7 Å². The van der Waals surface area contributed by atoms with Gasteiger partial charge in [0.1, 0.15) is 11.5 Å². The molecule has 0 unspecified atom stereocenters. The molecule has 2 aromatic rings. The lowest BCUT2D eigenvalue weighted by Gasteiger charge is -2.25. The topological polar surface area (TPSA) is 114 Å². The molecule has 2 N–H and O–H groups in total. The summed E-state index contributed by atoms with van der Waals surface area (Å²) in [4.78, 5) is 24.7. The van der Waals surface area contributed by atoms with Gasteiger partial charge in [0.2, 0.25) is 16.1 Å². The van der Waals surface area contributed by atoms with E-state index in [0.29, 0.717) is 24.6 Å². The third-order valence-corrected chi connectivity index (χ3v) is 7.36. The van der Waals surface area contributed by atoms with E-state index in [1.807, 2.05) is 0 Å². The number of halogens is 1. The molecule has 9 nitrogen and oxygen atoms in total. The van der Waals surface area contributed by atoms with Crippen molar-refractivity contribution in [2.24, 2.45) is 0 Å². The summed E-state index contributed by atoms with van der Waals surface area (Å²) in [6.07, 6.45) is 0.604. The minimum absolute atomic E-state index is 0.0160. The Kier molecular flexibility index (Phi) is 6.03. The Bertz CT molecular complexity index is 1120. The Balaban J connectivity index is 1.42. The highest BCUT2D eigenvalue weighted by Gasteiger charge is 2.30. The SMILES string of the molecule is O=C(NNC(=O)[C@H]1COc2ccccc2O1)c1ccc(Cl)c(S(=O)(=O)N2CCCC2)c1. The van der Waals surface area contributed by atoms with Crippen LogP contribution in [0.5, 0.6) is 11.5 Å². The second-order valence-corrected chi connectivity index (χ2v) is 9.38. The fourth-order valence-electron chi connectivity index (χ4n) is 3.33. The van der Waals surface area contributed by atoms with Crippen molar-refractivity contribution in [3.63, 3.8) is 0 Å². The van der Waals surface area contributed by atoms with Crippen LogP contribution in [0.1, 0.15) is 23.2 Å².